The molecule has 4 rings (SSSR count). The smallest absolute Gasteiger partial charge is 0.227 e. The van der Waals surface area contributed by atoms with Gasteiger partial charge in [0.15, 0.2) is 0 Å². The summed E-state index contributed by atoms with van der Waals surface area (Å²) in [6, 6.07) is 10.9. The number of aryl methyl sites for hydroxylation is 1. The van der Waals surface area contributed by atoms with Gasteiger partial charge >= 0.3 is 0 Å². The topological polar surface area (TPSA) is 50.2 Å². The zero-order valence-electron chi connectivity index (χ0n) is 16.0. The third-order valence-corrected chi connectivity index (χ3v) is 6.22. The molecule has 3 heterocycles. The van der Waals surface area contributed by atoms with Crippen LogP contribution in [0.15, 0.2) is 42.7 Å². The molecule has 2 aromatic rings. The van der Waals surface area contributed by atoms with E-state index in [-0.39, 0.29) is 24.2 Å². The lowest BCUT2D eigenvalue weighted by Crippen LogP contribution is -2.42. The number of halogens is 1. The molecule has 5 nitrogen and oxygen atoms in total. The Bertz CT molecular complexity index is 763. The van der Waals surface area contributed by atoms with Crippen LogP contribution in [0.3, 0.4) is 0 Å². The van der Waals surface area contributed by atoms with Crippen LogP contribution in [-0.4, -0.2) is 46.3 Å². The second kappa shape index (κ2) is 8.44. The maximum atomic E-state index is 13.3. The highest BCUT2D eigenvalue weighted by molar-refractivity contribution is 5.85. The van der Waals surface area contributed by atoms with Gasteiger partial charge in [0.25, 0.3) is 0 Å². The van der Waals surface area contributed by atoms with Crippen LogP contribution in [0.25, 0.3) is 0 Å². The van der Waals surface area contributed by atoms with E-state index >= 15 is 0 Å². The van der Waals surface area contributed by atoms with Crippen LogP contribution in [0, 0.1) is 11.8 Å². The van der Waals surface area contributed by atoms with E-state index in [0.717, 1.165) is 32.5 Å². The van der Waals surface area contributed by atoms with Crippen LogP contribution in [0.1, 0.15) is 30.4 Å². The highest BCUT2D eigenvalue weighted by Crippen LogP contribution is 2.34. The molecule has 0 aliphatic carbocycles. The number of aromatic nitrogens is 2. The van der Waals surface area contributed by atoms with Crippen LogP contribution in [0.2, 0.25) is 0 Å². The molecule has 2 aliphatic heterocycles. The van der Waals surface area contributed by atoms with Gasteiger partial charge in [-0.05, 0) is 36.8 Å². The molecule has 0 saturated carbocycles. The molecule has 1 aromatic heterocycles. The Morgan fingerprint density at radius 3 is 2.74 bits per heavy atom. The number of hydrogen-bond acceptors (Lipinski definition) is 3. The highest BCUT2D eigenvalue weighted by atomic mass is 35.5. The van der Waals surface area contributed by atoms with Crippen molar-refractivity contribution in [3.63, 3.8) is 0 Å². The first-order valence-corrected chi connectivity index (χ1v) is 9.67. The third kappa shape index (κ3) is 4.04. The molecule has 0 radical (unpaired) electrons. The molecule has 6 heteroatoms. The van der Waals surface area contributed by atoms with Gasteiger partial charge in [0.1, 0.15) is 0 Å². The van der Waals surface area contributed by atoms with Crippen LogP contribution >= 0.6 is 12.4 Å². The zero-order valence-corrected chi connectivity index (χ0v) is 16.9. The number of likely N-dealkylation sites (tertiary alicyclic amines) is 1. The summed E-state index contributed by atoms with van der Waals surface area (Å²) in [6.45, 7) is 4.73. The second-order valence-corrected chi connectivity index (χ2v) is 7.83. The third-order valence-electron chi connectivity index (χ3n) is 6.22. The van der Waals surface area contributed by atoms with E-state index in [1.807, 2.05) is 24.1 Å². The molecule has 0 spiro atoms. The number of amides is 1. The van der Waals surface area contributed by atoms with Crippen molar-refractivity contribution in [1.82, 2.24) is 20.0 Å². The van der Waals surface area contributed by atoms with Gasteiger partial charge in [0.2, 0.25) is 5.91 Å². The van der Waals surface area contributed by atoms with Gasteiger partial charge < -0.3 is 10.2 Å². The monoisotopic (exact) mass is 388 g/mol. The van der Waals surface area contributed by atoms with Crippen LogP contribution in [0.4, 0.5) is 0 Å². The fraction of sp³-hybridized carbons (Fsp3) is 0.524. The molecule has 4 atom stereocenters. The Labute approximate surface area is 167 Å². The lowest BCUT2D eigenvalue weighted by molar-refractivity contribution is -0.136. The molecule has 0 bridgehead atoms. The Morgan fingerprint density at radius 2 is 2.04 bits per heavy atom. The Morgan fingerprint density at radius 1 is 1.26 bits per heavy atom. The minimum Gasteiger partial charge on any atom is -0.339 e. The first-order chi connectivity index (χ1) is 12.6. The first kappa shape index (κ1) is 19.9. The van der Waals surface area contributed by atoms with Gasteiger partial charge in [-0.15, -0.1) is 12.4 Å². The van der Waals surface area contributed by atoms with Crippen molar-refractivity contribution in [1.29, 1.82) is 0 Å². The highest BCUT2D eigenvalue weighted by Gasteiger charge is 2.41. The first-order valence-electron chi connectivity index (χ1n) is 9.67. The summed E-state index contributed by atoms with van der Waals surface area (Å²) in [4.78, 5) is 15.4. The molecular weight excluding hydrogens is 360 g/mol. The minimum absolute atomic E-state index is 0. The van der Waals surface area contributed by atoms with Gasteiger partial charge in [-0.25, -0.2) is 0 Å². The van der Waals surface area contributed by atoms with E-state index in [4.69, 9.17) is 0 Å². The van der Waals surface area contributed by atoms with Crippen molar-refractivity contribution in [2.45, 2.75) is 31.7 Å². The van der Waals surface area contributed by atoms with Gasteiger partial charge in [0, 0.05) is 44.8 Å². The summed E-state index contributed by atoms with van der Waals surface area (Å²) < 4.78 is 1.82. The second-order valence-electron chi connectivity index (χ2n) is 7.83. The summed E-state index contributed by atoms with van der Waals surface area (Å²) >= 11 is 0. The van der Waals surface area contributed by atoms with Gasteiger partial charge in [0.05, 0.1) is 12.1 Å². The average molecular weight is 389 g/mol. The van der Waals surface area contributed by atoms with Crippen molar-refractivity contribution in [2.75, 3.05) is 19.6 Å². The quantitative estimate of drug-likeness (QED) is 0.875. The maximum absolute atomic E-state index is 13.3. The van der Waals surface area contributed by atoms with E-state index in [9.17, 15) is 4.79 Å². The molecule has 2 saturated heterocycles. The predicted molar refractivity (Wildman–Crippen MR) is 109 cm³/mol. The van der Waals surface area contributed by atoms with Gasteiger partial charge in [-0.1, -0.05) is 30.3 Å². The van der Waals surface area contributed by atoms with Crippen molar-refractivity contribution in [2.24, 2.45) is 18.9 Å². The molecule has 1 amide bonds. The number of nitrogens with one attached hydrogen (secondary N) is 1. The van der Waals surface area contributed by atoms with Gasteiger partial charge in [-0.2, -0.15) is 5.10 Å². The lowest BCUT2D eigenvalue weighted by Gasteiger charge is -2.29. The fourth-order valence-electron chi connectivity index (χ4n) is 4.64. The molecule has 2 fully saturated rings. The summed E-state index contributed by atoms with van der Waals surface area (Å²) in [5.41, 5.74) is 2.54. The van der Waals surface area contributed by atoms with Gasteiger partial charge in [-0.3, -0.25) is 9.48 Å². The lowest BCUT2D eigenvalue weighted by atomic mass is 9.89. The van der Waals surface area contributed by atoms with Crippen molar-refractivity contribution in [3.8, 4) is 0 Å². The van der Waals surface area contributed by atoms with Crippen molar-refractivity contribution in [3.05, 3.63) is 53.9 Å². The average Bonchev–Trinajstić information content (AvgIpc) is 3.36. The predicted octanol–water partition coefficient (Wildman–Crippen LogP) is 2.62. The van der Waals surface area contributed by atoms with Crippen molar-refractivity contribution >= 4 is 18.3 Å². The van der Waals surface area contributed by atoms with E-state index in [1.54, 1.807) is 0 Å². The Kier molecular flexibility index (Phi) is 6.22. The summed E-state index contributed by atoms with van der Waals surface area (Å²) in [6.07, 6.45) is 6.10. The molecule has 1 N–H and O–H groups in total. The molecule has 27 heavy (non-hydrogen) atoms. The fourth-order valence-corrected chi connectivity index (χ4v) is 4.64. The number of nitrogens with zero attached hydrogens (tertiary/aromatic N) is 3. The summed E-state index contributed by atoms with van der Waals surface area (Å²) in [7, 11) is 1.93. The number of benzene rings is 1. The number of carbonyl (C=O) groups excluding carboxylic acids is 1. The van der Waals surface area contributed by atoms with E-state index in [0.29, 0.717) is 17.9 Å². The summed E-state index contributed by atoms with van der Waals surface area (Å²) in [5, 5.41) is 7.71. The molecular formula is C21H29ClN4O. The van der Waals surface area contributed by atoms with Crippen LogP contribution < -0.4 is 5.32 Å². The normalized spacial score (nSPS) is 27.6. The Hall–Kier alpha value is -1.85. The SMILES string of the molecule is CC1C(Cc2ccccc2)CCN1C(=O)[C@H]1CNC[C@@H]1c1cnn(C)c1.Cl. The largest absolute Gasteiger partial charge is 0.339 e. The van der Waals surface area contributed by atoms with E-state index in [1.165, 1.54) is 11.1 Å². The molecule has 2 unspecified atom stereocenters. The standard InChI is InChI=1S/C21H28N4O.ClH/c1-15-17(10-16-6-4-3-5-7-16)8-9-25(15)21(26)20-13-22-12-19(20)18-11-23-24(2)14-18;/h3-7,11,14-15,17,19-20,22H,8-10,12-13H2,1-2H3;1H/t15?,17?,19-,20+;/m1./s1. The van der Waals surface area contributed by atoms with Crippen LogP contribution in [0.5, 0.6) is 0 Å². The molecule has 1 aromatic carbocycles. The Balaban J connectivity index is 0.00000210. The number of rotatable bonds is 4. The zero-order chi connectivity index (χ0) is 18.1. The van der Waals surface area contributed by atoms with E-state index < -0.39 is 0 Å². The summed E-state index contributed by atoms with van der Waals surface area (Å²) in [5.74, 6) is 1.12. The van der Waals surface area contributed by atoms with E-state index in [2.05, 4.69) is 52.6 Å². The minimum atomic E-state index is 0. The van der Waals surface area contributed by atoms with Crippen LogP contribution in [-0.2, 0) is 18.3 Å². The number of hydrogen-bond donors (Lipinski definition) is 1. The van der Waals surface area contributed by atoms with Crippen molar-refractivity contribution < 1.29 is 4.79 Å². The molecule has 146 valence electrons. The maximum Gasteiger partial charge on any atom is 0.227 e. The number of carbonyl (C=O) groups is 1. The molecule has 2 aliphatic rings.